The summed E-state index contributed by atoms with van der Waals surface area (Å²) in [6, 6.07) is 5.97. The fourth-order valence-electron chi connectivity index (χ4n) is 3.09. The summed E-state index contributed by atoms with van der Waals surface area (Å²) >= 11 is 0. The van der Waals surface area contributed by atoms with E-state index in [9.17, 15) is 4.79 Å². The van der Waals surface area contributed by atoms with Gasteiger partial charge in [0, 0.05) is 18.0 Å². The minimum Gasteiger partial charge on any atom is -0.330 e. The van der Waals surface area contributed by atoms with Crippen LogP contribution in [-0.4, -0.2) is 12.3 Å². The molecule has 2 rings (SSSR count). The van der Waals surface area contributed by atoms with E-state index >= 15 is 0 Å². The summed E-state index contributed by atoms with van der Waals surface area (Å²) < 4.78 is 0. The summed E-state index contributed by atoms with van der Waals surface area (Å²) in [5, 5.41) is 0. The highest BCUT2D eigenvalue weighted by molar-refractivity contribution is 5.99. The van der Waals surface area contributed by atoms with Crippen molar-refractivity contribution in [3.8, 4) is 0 Å². The van der Waals surface area contributed by atoms with Gasteiger partial charge in [-0.2, -0.15) is 0 Å². The van der Waals surface area contributed by atoms with Crippen LogP contribution in [0.4, 0.5) is 0 Å². The lowest BCUT2D eigenvalue weighted by Crippen LogP contribution is -2.30. The minimum absolute atomic E-state index is 0.0213. The highest BCUT2D eigenvalue weighted by Crippen LogP contribution is 2.33. The van der Waals surface area contributed by atoms with E-state index in [-0.39, 0.29) is 11.7 Å². The quantitative estimate of drug-likeness (QED) is 0.827. The highest BCUT2D eigenvalue weighted by atomic mass is 16.1. The maximum absolute atomic E-state index is 12.7. The van der Waals surface area contributed by atoms with Crippen molar-refractivity contribution >= 4 is 5.78 Å². The number of aryl methyl sites for hydroxylation is 1. The average Bonchev–Trinajstić information content (AvgIpc) is 2.87. The van der Waals surface area contributed by atoms with Gasteiger partial charge in [0.05, 0.1) is 0 Å². The van der Waals surface area contributed by atoms with Crippen molar-refractivity contribution in [1.29, 1.82) is 0 Å². The third kappa shape index (κ3) is 2.49. The van der Waals surface area contributed by atoms with Gasteiger partial charge in [0.1, 0.15) is 0 Å². The Bertz CT molecular complexity index is 433. The summed E-state index contributed by atoms with van der Waals surface area (Å²) in [5.41, 5.74) is 9.02. The predicted molar refractivity (Wildman–Crippen MR) is 74.7 cm³/mol. The van der Waals surface area contributed by atoms with E-state index in [4.69, 9.17) is 5.73 Å². The van der Waals surface area contributed by atoms with E-state index in [0.29, 0.717) is 12.5 Å². The van der Waals surface area contributed by atoms with Crippen LogP contribution < -0.4 is 5.73 Å². The second-order valence-electron chi connectivity index (χ2n) is 5.50. The number of rotatable bonds is 4. The Kier molecular flexibility index (Phi) is 4.18. The normalized spacial score (nSPS) is 17.9. The zero-order chi connectivity index (χ0) is 13.1. The molecule has 1 aromatic rings. The van der Waals surface area contributed by atoms with Gasteiger partial charge in [-0.05, 0) is 43.7 Å². The number of hydrogen-bond acceptors (Lipinski definition) is 2. The molecule has 2 heteroatoms. The van der Waals surface area contributed by atoms with Gasteiger partial charge in [0.15, 0.2) is 5.78 Å². The van der Waals surface area contributed by atoms with E-state index in [1.165, 1.54) is 31.2 Å². The number of carbonyl (C=O) groups is 1. The van der Waals surface area contributed by atoms with Crippen molar-refractivity contribution in [2.75, 3.05) is 6.54 Å². The van der Waals surface area contributed by atoms with Crippen molar-refractivity contribution < 1.29 is 4.79 Å². The van der Waals surface area contributed by atoms with Gasteiger partial charge < -0.3 is 5.73 Å². The molecule has 0 bridgehead atoms. The van der Waals surface area contributed by atoms with Crippen molar-refractivity contribution in [2.45, 2.75) is 39.5 Å². The molecular formula is C16H23NO. The topological polar surface area (TPSA) is 43.1 Å². The number of nitrogens with two attached hydrogens (primary N) is 1. The molecule has 98 valence electrons. The smallest absolute Gasteiger partial charge is 0.167 e. The second-order valence-corrected chi connectivity index (χ2v) is 5.50. The first kappa shape index (κ1) is 13.3. The van der Waals surface area contributed by atoms with E-state index < -0.39 is 0 Å². The Morgan fingerprint density at radius 1 is 1.33 bits per heavy atom. The Morgan fingerprint density at radius 2 is 2.00 bits per heavy atom. The van der Waals surface area contributed by atoms with Crippen LogP contribution in [0.1, 0.15) is 47.2 Å². The molecule has 0 spiro atoms. The number of carbonyl (C=O) groups excluding carboxylic acids is 1. The molecule has 1 fully saturated rings. The highest BCUT2D eigenvalue weighted by Gasteiger charge is 2.30. The van der Waals surface area contributed by atoms with Crippen LogP contribution in [0.25, 0.3) is 0 Å². The fourth-order valence-corrected chi connectivity index (χ4v) is 3.09. The fraction of sp³-hybridized carbons (Fsp3) is 0.562. The number of Topliss-reactive ketones (excluding diaryl/α,β-unsaturated/α-hetero) is 1. The minimum atomic E-state index is 0.0213. The second kappa shape index (κ2) is 5.66. The molecule has 1 aliphatic rings. The van der Waals surface area contributed by atoms with Crippen LogP contribution in [0.15, 0.2) is 18.2 Å². The monoisotopic (exact) mass is 245 g/mol. The lowest BCUT2D eigenvalue weighted by molar-refractivity contribution is 0.0879. The first-order chi connectivity index (χ1) is 8.65. The Hall–Kier alpha value is -1.15. The molecule has 0 aromatic heterocycles. The van der Waals surface area contributed by atoms with Gasteiger partial charge in [-0.1, -0.05) is 31.0 Å². The molecule has 18 heavy (non-hydrogen) atoms. The SMILES string of the molecule is Cc1cccc(C(=O)C(CN)C2CCCC2)c1C. The summed E-state index contributed by atoms with van der Waals surface area (Å²) in [7, 11) is 0. The number of benzene rings is 1. The van der Waals surface area contributed by atoms with Crippen LogP contribution in [0.5, 0.6) is 0 Å². The van der Waals surface area contributed by atoms with Crippen LogP contribution in [-0.2, 0) is 0 Å². The van der Waals surface area contributed by atoms with Gasteiger partial charge in [-0.25, -0.2) is 0 Å². The third-order valence-corrected chi connectivity index (χ3v) is 4.43. The lowest BCUT2D eigenvalue weighted by atomic mass is 9.83. The zero-order valence-corrected chi connectivity index (χ0v) is 11.4. The van der Waals surface area contributed by atoms with Crippen molar-refractivity contribution in [1.82, 2.24) is 0 Å². The number of hydrogen-bond donors (Lipinski definition) is 1. The summed E-state index contributed by atoms with van der Waals surface area (Å²) in [4.78, 5) is 12.7. The van der Waals surface area contributed by atoms with Crippen molar-refractivity contribution in [3.63, 3.8) is 0 Å². The molecule has 1 aliphatic carbocycles. The van der Waals surface area contributed by atoms with Gasteiger partial charge >= 0.3 is 0 Å². The van der Waals surface area contributed by atoms with Gasteiger partial charge in [0.25, 0.3) is 0 Å². The van der Waals surface area contributed by atoms with Gasteiger partial charge in [-0.15, -0.1) is 0 Å². The lowest BCUT2D eigenvalue weighted by Gasteiger charge is -2.21. The van der Waals surface area contributed by atoms with E-state index in [1.54, 1.807) is 0 Å². The zero-order valence-electron chi connectivity index (χ0n) is 11.4. The van der Waals surface area contributed by atoms with Crippen LogP contribution >= 0.6 is 0 Å². The summed E-state index contributed by atoms with van der Waals surface area (Å²) in [6.45, 7) is 4.57. The average molecular weight is 245 g/mol. The van der Waals surface area contributed by atoms with Gasteiger partial charge in [-0.3, -0.25) is 4.79 Å². The van der Waals surface area contributed by atoms with E-state index in [2.05, 4.69) is 13.0 Å². The molecule has 2 nitrogen and oxygen atoms in total. The molecule has 0 amide bonds. The van der Waals surface area contributed by atoms with Crippen LogP contribution in [0, 0.1) is 25.7 Å². The molecule has 0 saturated heterocycles. The molecule has 0 heterocycles. The Balaban J connectivity index is 2.25. The maximum atomic E-state index is 12.7. The standard InChI is InChI=1S/C16H23NO/c1-11-6-5-9-14(12(11)2)16(18)15(10-17)13-7-3-4-8-13/h5-6,9,13,15H,3-4,7-8,10,17H2,1-2H3. The van der Waals surface area contributed by atoms with Crippen molar-refractivity contribution in [2.24, 2.45) is 17.6 Å². The predicted octanol–water partition coefficient (Wildman–Crippen LogP) is 3.25. The van der Waals surface area contributed by atoms with Crippen LogP contribution in [0.2, 0.25) is 0 Å². The Morgan fingerprint density at radius 3 is 2.61 bits per heavy atom. The summed E-state index contributed by atoms with van der Waals surface area (Å²) in [5.74, 6) is 0.779. The molecular weight excluding hydrogens is 222 g/mol. The molecule has 2 N–H and O–H groups in total. The molecule has 0 aliphatic heterocycles. The molecule has 1 aromatic carbocycles. The maximum Gasteiger partial charge on any atom is 0.167 e. The summed E-state index contributed by atoms with van der Waals surface area (Å²) in [6.07, 6.45) is 4.83. The first-order valence-corrected chi connectivity index (χ1v) is 6.95. The Labute approximate surface area is 110 Å². The van der Waals surface area contributed by atoms with Crippen molar-refractivity contribution in [3.05, 3.63) is 34.9 Å². The molecule has 1 unspecified atom stereocenters. The number of ketones is 1. The van der Waals surface area contributed by atoms with Crippen LogP contribution in [0.3, 0.4) is 0 Å². The molecule has 1 atom stereocenters. The molecule has 0 radical (unpaired) electrons. The first-order valence-electron chi connectivity index (χ1n) is 6.95. The third-order valence-electron chi connectivity index (χ3n) is 4.43. The van der Waals surface area contributed by atoms with Gasteiger partial charge in [0.2, 0.25) is 0 Å². The molecule has 1 saturated carbocycles. The largest absolute Gasteiger partial charge is 0.330 e. The van der Waals surface area contributed by atoms with E-state index in [1.807, 2.05) is 19.1 Å². The van der Waals surface area contributed by atoms with E-state index in [0.717, 1.165) is 11.1 Å².